The number of ether oxygens (including phenoxy) is 1. The summed E-state index contributed by atoms with van der Waals surface area (Å²) in [5.74, 6) is 0. The van der Waals surface area contributed by atoms with E-state index in [0.29, 0.717) is 0 Å². The van der Waals surface area contributed by atoms with Gasteiger partial charge in [-0.2, -0.15) is 0 Å². The van der Waals surface area contributed by atoms with Crippen molar-refractivity contribution in [2.75, 3.05) is 6.61 Å². The molecule has 0 spiro atoms. The predicted molar refractivity (Wildman–Crippen MR) is 79.4 cm³/mol. The normalized spacial score (nSPS) is 13.4. The van der Waals surface area contributed by atoms with Crippen LogP contribution in [0.4, 0.5) is 0 Å². The third-order valence-corrected chi connectivity index (χ3v) is 3.76. The summed E-state index contributed by atoms with van der Waals surface area (Å²) in [6.45, 7) is 7.26. The molecule has 1 nitrogen and oxygen atoms in total. The molecule has 0 radical (unpaired) electrons. The zero-order valence-electron chi connectivity index (χ0n) is 11.9. The van der Waals surface area contributed by atoms with Gasteiger partial charge < -0.3 is 4.74 Å². The summed E-state index contributed by atoms with van der Waals surface area (Å²) in [5, 5.41) is 0. The van der Waals surface area contributed by atoms with Gasteiger partial charge in [0.15, 0.2) is 0 Å². The topological polar surface area (TPSA) is 9.23 Å². The lowest BCUT2D eigenvalue weighted by Gasteiger charge is -2.15. The first-order valence-electron chi connectivity index (χ1n) is 7.03. The van der Waals surface area contributed by atoms with Gasteiger partial charge in [0.1, 0.15) is 6.10 Å². The first-order chi connectivity index (χ1) is 9.20. The summed E-state index contributed by atoms with van der Waals surface area (Å²) in [7, 11) is 0. The van der Waals surface area contributed by atoms with Crippen molar-refractivity contribution in [2.45, 2.75) is 33.3 Å². The van der Waals surface area contributed by atoms with Crippen molar-refractivity contribution in [3.05, 3.63) is 58.7 Å². The number of hydrogen-bond donors (Lipinski definition) is 0. The Balaban J connectivity index is 2.14. The lowest BCUT2D eigenvalue weighted by molar-refractivity contribution is 0.0835. The van der Waals surface area contributed by atoms with Crippen LogP contribution in [-0.2, 0) is 4.74 Å². The highest BCUT2D eigenvalue weighted by Gasteiger charge is 2.29. The van der Waals surface area contributed by atoms with Gasteiger partial charge in [-0.05, 0) is 42.5 Å². The molecule has 0 fully saturated rings. The van der Waals surface area contributed by atoms with Crippen molar-refractivity contribution in [1.29, 1.82) is 0 Å². The molecule has 0 N–H and O–H groups in total. The van der Waals surface area contributed by atoms with E-state index in [0.717, 1.165) is 13.0 Å². The summed E-state index contributed by atoms with van der Waals surface area (Å²) in [6.07, 6.45) is 1.17. The maximum atomic E-state index is 6.12. The Morgan fingerprint density at radius 3 is 1.89 bits per heavy atom. The highest BCUT2D eigenvalue weighted by molar-refractivity contribution is 5.78. The lowest BCUT2D eigenvalue weighted by atomic mass is 10.0. The minimum absolute atomic E-state index is 0.116. The number of aryl methyl sites for hydroxylation is 2. The fourth-order valence-corrected chi connectivity index (χ4v) is 2.87. The van der Waals surface area contributed by atoms with Crippen molar-refractivity contribution in [1.82, 2.24) is 0 Å². The number of hydrogen-bond acceptors (Lipinski definition) is 1. The van der Waals surface area contributed by atoms with Crippen LogP contribution >= 0.6 is 0 Å². The summed E-state index contributed by atoms with van der Waals surface area (Å²) < 4.78 is 6.12. The molecular weight excluding hydrogens is 232 g/mol. The monoisotopic (exact) mass is 252 g/mol. The van der Waals surface area contributed by atoms with Crippen molar-refractivity contribution in [3.8, 4) is 11.1 Å². The van der Waals surface area contributed by atoms with Crippen molar-refractivity contribution < 1.29 is 4.74 Å². The van der Waals surface area contributed by atoms with Gasteiger partial charge in [-0.3, -0.25) is 0 Å². The van der Waals surface area contributed by atoms with Gasteiger partial charge in [0, 0.05) is 6.61 Å². The Labute approximate surface area is 115 Å². The molecule has 1 aliphatic rings. The number of rotatable bonds is 3. The maximum Gasteiger partial charge on any atom is 0.109 e. The van der Waals surface area contributed by atoms with E-state index in [1.807, 2.05) is 0 Å². The van der Waals surface area contributed by atoms with Crippen LogP contribution in [0, 0.1) is 13.8 Å². The second kappa shape index (κ2) is 4.82. The van der Waals surface area contributed by atoms with Crippen molar-refractivity contribution in [2.24, 2.45) is 0 Å². The second-order valence-corrected chi connectivity index (χ2v) is 5.43. The van der Waals surface area contributed by atoms with Gasteiger partial charge in [-0.1, -0.05) is 54.4 Å². The Hall–Kier alpha value is -1.60. The molecule has 0 bridgehead atoms. The van der Waals surface area contributed by atoms with E-state index in [9.17, 15) is 0 Å². The molecule has 0 atom stereocenters. The molecule has 2 aromatic carbocycles. The maximum absolute atomic E-state index is 6.12. The molecular formula is C18H20O. The molecule has 1 aliphatic carbocycles. The van der Waals surface area contributed by atoms with Gasteiger partial charge in [0.05, 0.1) is 0 Å². The second-order valence-electron chi connectivity index (χ2n) is 5.43. The fraction of sp³-hybridized carbons (Fsp3) is 0.333. The molecule has 98 valence electrons. The fourth-order valence-electron chi connectivity index (χ4n) is 2.87. The predicted octanol–water partition coefficient (Wildman–Crippen LogP) is 4.80. The summed E-state index contributed by atoms with van der Waals surface area (Å²) in [5.41, 5.74) is 7.92. The summed E-state index contributed by atoms with van der Waals surface area (Å²) >= 11 is 0. The first-order valence-corrected chi connectivity index (χ1v) is 7.03. The molecule has 2 aromatic rings. The van der Waals surface area contributed by atoms with E-state index >= 15 is 0 Å². The van der Waals surface area contributed by atoms with E-state index in [-0.39, 0.29) is 6.10 Å². The van der Waals surface area contributed by atoms with Gasteiger partial charge in [-0.25, -0.2) is 0 Å². The molecule has 3 rings (SSSR count). The molecule has 0 amide bonds. The van der Waals surface area contributed by atoms with Crippen molar-refractivity contribution >= 4 is 0 Å². The van der Waals surface area contributed by atoms with Crippen LogP contribution in [0.25, 0.3) is 11.1 Å². The summed E-state index contributed by atoms with van der Waals surface area (Å²) in [4.78, 5) is 0. The zero-order chi connectivity index (χ0) is 13.4. The van der Waals surface area contributed by atoms with E-state index in [2.05, 4.69) is 57.2 Å². The third kappa shape index (κ3) is 2.08. The molecule has 0 saturated carbocycles. The van der Waals surface area contributed by atoms with Crippen LogP contribution in [0.15, 0.2) is 36.4 Å². The molecule has 0 aliphatic heterocycles. The number of benzene rings is 2. The van der Waals surface area contributed by atoms with Crippen LogP contribution in [0.2, 0.25) is 0 Å². The van der Waals surface area contributed by atoms with Gasteiger partial charge in [0.2, 0.25) is 0 Å². The quantitative estimate of drug-likeness (QED) is 0.762. The van der Waals surface area contributed by atoms with E-state index in [1.54, 1.807) is 0 Å². The molecule has 0 aromatic heterocycles. The van der Waals surface area contributed by atoms with Crippen molar-refractivity contribution in [3.63, 3.8) is 0 Å². The Morgan fingerprint density at radius 1 is 0.895 bits per heavy atom. The third-order valence-electron chi connectivity index (χ3n) is 3.76. The number of fused-ring (bicyclic) bond motifs is 3. The molecule has 0 heterocycles. The summed E-state index contributed by atoms with van der Waals surface area (Å²) in [6, 6.07) is 13.4. The van der Waals surface area contributed by atoms with Crippen LogP contribution in [0.5, 0.6) is 0 Å². The van der Waals surface area contributed by atoms with Crippen LogP contribution in [-0.4, -0.2) is 6.61 Å². The molecule has 0 unspecified atom stereocenters. The Kier molecular flexibility index (Phi) is 3.16. The zero-order valence-corrected chi connectivity index (χ0v) is 11.9. The minimum atomic E-state index is 0.116. The minimum Gasteiger partial charge on any atom is -0.369 e. The standard InChI is InChI=1S/C18H20O/c1-4-9-19-18-16-10-12(2)5-7-14(16)15-8-6-13(3)11-17(15)18/h5-8,10-11,18H,4,9H2,1-3H3. The van der Waals surface area contributed by atoms with E-state index in [1.165, 1.54) is 33.4 Å². The van der Waals surface area contributed by atoms with E-state index in [4.69, 9.17) is 4.74 Å². The van der Waals surface area contributed by atoms with Gasteiger partial charge >= 0.3 is 0 Å². The highest BCUT2D eigenvalue weighted by Crippen LogP contribution is 2.45. The van der Waals surface area contributed by atoms with Crippen LogP contribution in [0.1, 0.15) is 41.7 Å². The van der Waals surface area contributed by atoms with E-state index < -0.39 is 0 Å². The Bertz CT molecular complexity index is 562. The van der Waals surface area contributed by atoms with Gasteiger partial charge in [-0.15, -0.1) is 0 Å². The molecule has 1 heteroatoms. The average molecular weight is 252 g/mol. The van der Waals surface area contributed by atoms with Gasteiger partial charge in [0.25, 0.3) is 0 Å². The molecule has 0 saturated heterocycles. The Morgan fingerprint density at radius 2 is 1.42 bits per heavy atom. The van der Waals surface area contributed by atoms with Crippen LogP contribution in [0.3, 0.4) is 0 Å². The van der Waals surface area contributed by atoms with Crippen LogP contribution < -0.4 is 0 Å². The highest BCUT2D eigenvalue weighted by atomic mass is 16.5. The average Bonchev–Trinajstić information content (AvgIpc) is 2.68. The SMILES string of the molecule is CCCOC1c2cc(C)ccc2-c2ccc(C)cc21. The first kappa shape index (κ1) is 12.4. The lowest BCUT2D eigenvalue weighted by Crippen LogP contribution is -2.04. The molecule has 19 heavy (non-hydrogen) atoms. The largest absolute Gasteiger partial charge is 0.369 e. The smallest absolute Gasteiger partial charge is 0.109 e.